The Bertz CT molecular complexity index is 881. The molecule has 1 aromatic heterocycles. The van der Waals surface area contributed by atoms with Crippen LogP contribution in [0.1, 0.15) is 62.5 Å². The molecular weight excluding hydrogens is 436 g/mol. The zero-order chi connectivity index (χ0) is 25.1. The Hall–Kier alpha value is -3.17. The zero-order valence-electron chi connectivity index (χ0n) is 20.2. The summed E-state index contributed by atoms with van der Waals surface area (Å²) in [7, 11) is 1.88. The van der Waals surface area contributed by atoms with Gasteiger partial charge in [-0.2, -0.15) is 0 Å². The molecule has 1 unspecified atom stereocenters. The number of aliphatic imine (C=N–C) groups is 1. The topological polar surface area (TPSA) is 65.9 Å². The fourth-order valence-corrected chi connectivity index (χ4v) is 2.84. The standard InChI is InChI=1S/C22H23ClN4O2.2C2H6/c1-3-21(19-15-24-12-11-20(19)23)25-16-26(2)13-7-8-14-27(17-28)22(29)18-9-5-4-6-10-18;2*1-2/h1,4-6,9-12,15-17,21H,7-8,13-14H2,2H3;2*1-2H3. The van der Waals surface area contributed by atoms with E-state index in [1.54, 1.807) is 49.1 Å². The first kappa shape index (κ1) is 29.8. The lowest BCUT2D eigenvalue weighted by Crippen LogP contribution is -2.31. The molecule has 178 valence electrons. The SMILES string of the molecule is C#CC(N=CN(C)CCCCN(C=O)C(=O)c1ccccc1)c1cnccc1Cl.CC.CC. The van der Waals surface area contributed by atoms with E-state index in [9.17, 15) is 9.59 Å². The minimum absolute atomic E-state index is 0.291. The minimum atomic E-state index is -0.507. The van der Waals surface area contributed by atoms with Crippen molar-refractivity contribution >= 4 is 30.3 Å². The van der Waals surface area contributed by atoms with Crippen LogP contribution in [0.2, 0.25) is 5.02 Å². The molecule has 0 radical (unpaired) electrons. The first-order valence-corrected chi connectivity index (χ1v) is 11.5. The molecule has 0 aliphatic rings. The maximum absolute atomic E-state index is 12.3. The van der Waals surface area contributed by atoms with Crippen molar-refractivity contribution in [3.8, 4) is 12.3 Å². The van der Waals surface area contributed by atoms with Crippen LogP contribution in [0.5, 0.6) is 0 Å². The highest BCUT2D eigenvalue weighted by Crippen LogP contribution is 2.23. The molecule has 0 spiro atoms. The molecule has 0 saturated heterocycles. The number of nitrogens with zero attached hydrogens (tertiary/aromatic N) is 4. The van der Waals surface area contributed by atoms with Crippen molar-refractivity contribution in [1.29, 1.82) is 0 Å². The van der Waals surface area contributed by atoms with Crippen molar-refractivity contribution in [2.75, 3.05) is 20.1 Å². The Morgan fingerprint density at radius 1 is 1.15 bits per heavy atom. The largest absolute Gasteiger partial charge is 0.366 e. The van der Waals surface area contributed by atoms with Crippen LogP contribution < -0.4 is 0 Å². The molecule has 0 bridgehead atoms. The van der Waals surface area contributed by atoms with Gasteiger partial charge < -0.3 is 4.90 Å². The van der Waals surface area contributed by atoms with Gasteiger partial charge in [-0.1, -0.05) is 63.4 Å². The highest BCUT2D eigenvalue weighted by Gasteiger charge is 2.14. The molecule has 6 nitrogen and oxygen atoms in total. The third-order valence-corrected chi connectivity index (χ3v) is 4.57. The van der Waals surface area contributed by atoms with Crippen molar-refractivity contribution in [3.63, 3.8) is 0 Å². The molecule has 0 aliphatic carbocycles. The quantitative estimate of drug-likeness (QED) is 0.151. The second-order valence-electron chi connectivity index (χ2n) is 6.39. The minimum Gasteiger partial charge on any atom is -0.366 e. The number of imide groups is 1. The molecular formula is C26H35ClN4O2. The van der Waals surface area contributed by atoms with Crippen molar-refractivity contribution in [1.82, 2.24) is 14.8 Å². The molecule has 1 aromatic carbocycles. The van der Waals surface area contributed by atoms with Gasteiger partial charge in [0.05, 0.1) is 6.34 Å². The van der Waals surface area contributed by atoms with Gasteiger partial charge in [0.1, 0.15) is 6.04 Å². The Morgan fingerprint density at radius 2 is 1.79 bits per heavy atom. The number of pyridine rings is 1. The summed E-state index contributed by atoms with van der Waals surface area (Å²) >= 11 is 6.14. The van der Waals surface area contributed by atoms with Crippen molar-refractivity contribution in [2.24, 2.45) is 4.99 Å². The number of amides is 2. The monoisotopic (exact) mass is 470 g/mol. The first-order chi connectivity index (χ1) is 16.1. The Balaban J connectivity index is 0.00000242. The number of hydrogen-bond donors (Lipinski definition) is 0. The molecule has 0 fully saturated rings. The molecule has 2 aromatic rings. The summed E-state index contributed by atoms with van der Waals surface area (Å²) in [4.78, 5) is 35.1. The highest BCUT2D eigenvalue weighted by molar-refractivity contribution is 6.31. The van der Waals surface area contributed by atoms with E-state index in [0.29, 0.717) is 42.1 Å². The second-order valence-corrected chi connectivity index (χ2v) is 6.80. The van der Waals surface area contributed by atoms with Gasteiger partial charge >= 0.3 is 0 Å². The zero-order valence-corrected chi connectivity index (χ0v) is 21.0. The fourth-order valence-electron chi connectivity index (χ4n) is 2.63. The lowest BCUT2D eigenvalue weighted by Gasteiger charge is -2.17. The molecule has 33 heavy (non-hydrogen) atoms. The average Bonchev–Trinajstić information content (AvgIpc) is 2.88. The van der Waals surface area contributed by atoms with E-state index in [4.69, 9.17) is 18.0 Å². The van der Waals surface area contributed by atoms with Gasteiger partial charge in [-0.15, -0.1) is 6.42 Å². The molecule has 2 amide bonds. The van der Waals surface area contributed by atoms with E-state index in [1.165, 1.54) is 4.90 Å². The maximum Gasteiger partial charge on any atom is 0.260 e. The van der Waals surface area contributed by atoms with Gasteiger partial charge in [-0.25, -0.2) is 0 Å². The molecule has 2 rings (SSSR count). The van der Waals surface area contributed by atoms with Gasteiger partial charge in [-0.05, 0) is 31.0 Å². The summed E-state index contributed by atoms with van der Waals surface area (Å²) in [5, 5.41) is 0.528. The van der Waals surface area contributed by atoms with E-state index in [-0.39, 0.29) is 5.91 Å². The lowest BCUT2D eigenvalue weighted by molar-refractivity contribution is -0.116. The van der Waals surface area contributed by atoms with E-state index >= 15 is 0 Å². The third kappa shape index (κ3) is 10.8. The molecule has 1 heterocycles. The second kappa shape index (κ2) is 18.4. The van der Waals surface area contributed by atoms with Crippen LogP contribution in [0.25, 0.3) is 0 Å². The van der Waals surface area contributed by atoms with Crippen LogP contribution >= 0.6 is 11.6 Å². The summed E-state index contributed by atoms with van der Waals surface area (Å²) in [6.07, 6.45) is 12.5. The number of carbonyl (C=O) groups is 2. The van der Waals surface area contributed by atoms with Gasteiger partial charge in [0, 0.05) is 48.7 Å². The van der Waals surface area contributed by atoms with Crippen LogP contribution in [0.4, 0.5) is 0 Å². The Morgan fingerprint density at radius 3 is 2.36 bits per heavy atom. The predicted molar refractivity (Wildman–Crippen MR) is 137 cm³/mol. The van der Waals surface area contributed by atoms with E-state index < -0.39 is 6.04 Å². The van der Waals surface area contributed by atoms with Crippen molar-refractivity contribution < 1.29 is 9.59 Å². The lowest BCUT2D eigenvalue weighted by atomic mass is 10.1. The molecule has 1 atom stereocenters. The van der Waals surface area contributed by atoms with Gasteiger partial charge in [0.25, 0.3) is 5.91 Å². The highest BCUT2D eigenvalue weighted by atomic mass is 35.5. The van der Waals surface area contributed by atoms with Crippen LogP contribution in [-0.2, 0) is 4.79 Å². The Kier molecular flexibility index (Phi) is 16.6. The maximum atomic E-state index is 12.3. The smallest absolute Gasteiger partial charge is 0.260 e. The van der Waals surface area contributed by atoms with Crippen molar-refractivity contribution in [2.45, 2.75) is 46.6 Å². The number of halogens is 1. The molecule has 0 N–H and O–H groups in total. The van der Waals surface area contributed by atoms with E-state index in [2.05, 4.69) is 15.9 Å². The summed E-state index contributed by atoms with van der Waals surface area (Å²) in [5.41, 5.74) is 1.18. The molecule has 7 heteroatoms. The van der Waals surface area contributed by atoms with E-state index in [1.807, 2.05) is 45.7 Å². The fraction of sp³-hybridized carbons (Fsp3) is 0.385. The molecule has 0 saturated carbocycles. The Labute approximate surface area is 203 Å². The number of terminal acetylenes is 1. The van der Waals surface area contributed by atoms with Gasteiger partial charge in [0.2, 0.25) is 6.41 Å². The van der Waals surface area contributed by atoms with Crippen LogP contribution in [0.3, 0.4) is 0 Å². The average molecular weight is 471 g/mol. The predicted octanol–water partition coefficient (Wildman–Crippen LogP) is 5.50. The van der Waals surface area contributed by atoms with Crippen LogP contribution in [-0.4, -0.2) is 53.6 Å². The van der Waals surface area contributed by atoms with Gasteiger partial charge in [-0.3, -0.25) is 24.5 Å². The van der Waals surface area contributed by atoms with Crippen LogP contribution in [0, 0.1) is 12.3 Å². The normalized spacial score (nSPS) is 10.6. The summed E-state index contributed by atoms with van der Waals surface area (Å²) < 4.78 is 0. The number of rotatable bonds is 10. The van der Waals surface area contributed by atoms with E-state index in [0.717, 1.165) is 6.42 Å². The number of unbranched alkanes of at least 4 members (excludes halogenated alkanes) is 1. The summed E-state index contributed by atoms with van der Waals surface area (Å²) in [5.74, 6) is 2.31. The van der Waals surface area contributed by atoms with Gasteiger partial charge in [0.15, 0.2) is 0 Å². The third-order valence-electron chi connectivity index (χ3n) is 4.23. The van der Waals surface area contributed by atoms with Crippen molar-refractivity contribution in [3.05, 3.63) is 64.9 Å². The first-order valence-electron chi connectivity index (χ1n) is 11.2. The summed E-state index contributed by atoms with van der Waals surface area (Å²) in [6.45, 7) is 9.06. The number of aromatic nitrogens is 1. The number of carbonyl (C=O) groups excluding carboxylic acids is 2. The molecule has 0 aliphatic heterocycles. The summed E-state index contributed by atoms with van der Waals surface area (Å²) in [6, 6.07) is 9.92. The van der Waals surface area contributed by atoms with Crippen LogP contribution in [0.15, 0.2) is 53.8 Å². The number of hydrogen-bond acceptors (Lipinski definition) is 4. The number of benzene rings is 1.